The summed E-state index contributed by atoms with van der Waals surface area (Å²) >= 11 is 0. The third-order valence-electron chi connectivity index (χ3n) is 6.16. The lowest BCUT2D eigenvalue weighted by atomic mass is 9.93. The number of alkyl halides is 6. The molecule has 0 spiro atoms. The van der Waals surface area contributed by atoms with Gasteiger partial charge in [0.2, 0.25) is 0 Å². The summed E-state index contributed by atoms with van der Waals surface area (Å²) in [6.07, 6.45) is 0. The Hall–Kier alpha value is -3.76. The normalized spacial score (nSPS) is 18.0. The Labute approximate surface area is 238 Å². The molecule has 16 heteroatoms. The summed E-state index contributed by atoms with van der Waals surface area (Å²) in [7, 11) is -11.4. The van der Waals surface area contributed by atoms with Gasteiger partial charge in [-0.25, -0.2) is 21.6 Å². The highest BCUT2D eigenvalue weighted by Crippen LogP contribution is 2.42. The third kappa shape index (κ3) is 6.99. The fourth-order valence-corrected chi connectivity index (χ4v) is 5.88. The number of carbonyl (C=O) groups excluding carboxylic acids is 1. The Morgan fingerprint density at radius 1 is 0.714 bits per heavy atom. The van der Waals surface area contributed by atoms with E-state index in [1.165, 1.54) is 5.56 Å². The second-order valence-electron chi connectivity index (χ2n) is 8.83. The van der Waals surface area contributed by atoms with Gasteiger partial charge in [0.1, 0.15) is 0 Å². The van der Waals surface area contributed by atoms with Gasteiger partial charge in [0.25, 0.3) is 5.84 Å². The molecule has 0 N–H and O–H groups in total. The molecule has 4 rings (SSSR count). The van der Waals surface area contributed by atoms with E-state index >= 15 is 0 Å². The summed E-state index contributed by atoms with van der Waals surface area (Å²) in [5, 5.41) is 0. The van der Waals surface area contributed by atoms with Crippen molar-refractivity contribution in [3.63, 3.8) is 0 Å². The number of sulfonamides is 2. The van der Waals surface area contributed by atoms with Crippen molar-refractivity contribution in [2.45, 2.75) is 30.0 Å². The van der Waals surface area contributed by atoms with Crippen LogP contribution in [-0.2, 0) is 20.0 Å². The molecular weight excluding hydrogens is 612 g/mol. The smallest absolute Gasteiger partial charge is 0.421 e. The minimum atomic E-state index is -6.72. The molecule has 3 aromatic carbocycles. The highest BCUT2D eigenvalue weighted by molar-refractivity contribution is 8.13. The van der Waals surface area contributed by atoms with Crippen LogP contribution in [0, 0.1) is 0 Å². The van der Waals surface area contributed by atoms with Gasteiger partial charge in [0.15, 0.2) is 32.1 Å². The van der Waals surface area contributed by atoms with Gasteiger partial charge in [-0.3, -0.25) is 4.58 Å². The number of amides is 1. The van der Waals surface area contributed by atoms with Crippen LogP contribution >= 0.6 is 0 Å². The van der Waals surface area contributed by atoms with E-state index in [9.17, 15) is 48.0 Å². The largest absolute Gasteiger partial charge is 0.480 e. The first-order valence-corrected chi connectivity index (χ1v) is 14.7. The average Bonchev–Trinajstić information content (AvgIpc) is 3.18. The number of hydrogen-bond acceptors (Lipinski definition) is 5. The SMILES string of the molecule is CC1=[N+](C)[C@H](c2ccccc2)[C@@H](c2ccccc2)N1C(=O)c1ccccc1.O=S(=O)([N-]S(=O)(=O)C(F)(F)F)C(F)(F)F. The van der Waals surface area contributed by atoms with E-state index in [0.717, 1.165) is 15.5 Å². The molecule has 1 heterocycles. The Morgan fingerprint density at radius 3 is 1.50 bits per heavy atom. The number of halogens is 6. The maximum atomic E-state index is 13.4. The topological polar surface area (TPSA) is 106 Å². The van der Waals surface area contributed by atoms with E-state index in [2.05, 4.69) is 48.0 Å². The van der Waals surface area contributed by atoms with Crippen LogP contribution in [0.4, 0.5) is 26.3 Å². The van der Waals surface area contributed by atoms with Crippen molar-refractivity contribution in [2.24, 2.45) is 0 Å². The van der Waals surface area contributed by atoms with Crippen LogP contribution in [0.15, 0.2) is 91.0 Å². The Balaban J connectivity index is 0.000000277. The van der Waals surface area contributed by atoms with Crippen LogP contribution in [0.5, 0.6) is 0 Å². The first kappa shape index (κ1) is 32.8. The van der Waals surface area contributed by atoms with Gasteiger partial charge in [0.05, 0.1) is 12.6 Å². The zero-order valence-electron chi connectivity index (χ0n) is 21.8. The van der Waals surface area contributed by atoms with Crippen molar-refractivity contribution >= 4 is 31.8 Å². The fourth-order valence-electron chi connectivity index (χ4n) is 4.17. The second kappa shape index (κ2) is 12.2. The summed E-state index contributed by atoms with van der Waals surface area (Å²) in [5.74, 6) is 0.999. The third-order valence-corrected chi connectivity index (χ3v) is 8.90. The summed E-state index contributed by atoms with van der Waals surface area (Å²) in [6.45, 7) is 2.03. The first-order valence-electron chi connectivity index (χ1n) is 11.8. The minimum Gasteiger partial charge on any atom is -0.421 e. The number of carbonyl (C=O) groups is 1. The molecule has 0 aromatic heterocycles. The Kier molecular flexibility index (Phi) is 9.54. The molecule has 0 radical (unpaired) electrons. The molecule has 3 aromatic rings. The molecule has 226 valence electrons. The Bertz CT molecular complexity index is 1610. The second-order valence-corrected chi connectivity index (χ2v) is 12.2. The number of likely N-dealkylation sites (N-methyl/N-ethyl adjacent to an activating group) is 1. The van der Waals surface area contributed by atoms with Crippen molar-refractivity contribution in [3.8, 4) is 0 Å². The van der Waals surface area contributed by atoms with Gasteiger partial charge in [-0.05, 0) is 12.1 Å². The fraction of sp³-hybridized carbons (Fsp3) is 0.231. The van der Waals surface area contributed by atoms with E-state index in [-0.39, 0.29) is 18.0 Å². The quantitative estimate of drug-likeness (QED) is 0.263. The summed E-state index contributed by atoms with van der Waals surface area (Å²) in [6, 6.07) is 30.2. The van der Waals surface area contributed by atoms with Gasteiger partial charge < -0.3 is 4.13 Å². The van der Waals surface area contributed by atoms with Gasteiger partial charge in [-0.1, -0.05) is 78.9 Å². The molecular formula is C26H23F6N3O5S2. The van der Waals surface area contributed by atoms with Crippen LogP contribution in [0.2, 0.25) is 0 Å². The molecule has 1 aliphatic rings. The highest BCUT2D eigenvalue weighted by Gasteiger charge is 2.50. The maximum Gasteiger partial charge on any atom is 0.480 e. The van der Waals surface area contributed by atoms with Crippen molar-refractivity contribution < 1.29 is 52.5 Å². The van der Waals surface area contributed by atoms with Crippen molar-refractivity contribution in [2.75, 3.05) is 7.05 Å². The average molecular weight is 636 g/mol. The van der Waals surface area contributed by atoms with Crippen LogP contribution in [0.25, 0.3) is 4.13 Å². The number of hydrogen-bond donors (Lipinski definition) is 0. The molecule has 0 saturated heterocycles. The van der Waals surface area contributed by atoms with Gasteiger partial charge in [0, 0.05) is 18.1 Å². The molecule has 0 unspecified atom stereocenters. The predicted molar refractivity (Wildman–Crippen MR) is 141 cm³/mol. The van der Waals surface area contributed by atoms with Gasteiger partial charge in [-0.2, -0.15) is 31.2 Å². The monoisotopic (exact) mass is 635 g/mol. The minimum absolute atomic E-state index is 0.0345. The maximum absolute atomic E-state index is 13.4. The lowest BCUT2D eigenvalue weighted by Gasteiger charge is -2.23. The van der Waals surface area contributed by atoms with Crippen LogP contribution in [-0.4, -0.2) is 56.1 Å². The lowest BCUT2D eigenvalue weighted by molar-refractivity contribution is -0.539. The van der Waals surface area contributed by atoms with E-state index in [1.807, 2.05) is 66.4 Å². The predicted octanol–water partition coefficient (Wildman–Crippen LogP) is 5.75. The molecule has 8 nitrogen and oxygen atoms in total. The lowest BCUT2D eigenvalue weighted by Crippen LogP contribution is -2.36. The van der Waals surface area contributed by atoms with E-state index in [0.29, 0.717) is 5.56 Å². The van der Waals surface area contributed by atoms with E-state index in [1.54, 1.807) is 0 Å². The number of benzene rings is 3. The number of nitrogens with zero attached hydrogens (tertiary/aromatic N) is 3. The van der Waals surface area contributed by atoms with Gasteiger partial charge >= 0.3 is 16.9 Å². The van der Waals surface area contributed by atoms with E-state index < -0.39 is 31.1 Å². The molecule has 0 saturated carbocycles. The highest BCUT2D eigenvalue weighted by atomic mass is 32.3. The molecule has 0 aliphatic carbocycles. The zero-order valence-corrected chi connectivity index (χ0v) is 23.4. The molecule has 1 aliphatic heterocycles. The van der Waals surface area contributed by atoms with Crippen LogP contribution in [0.3, 0.4) is 0 Å². The molecule has 0 fully saturated rings. The standard InChI is InChI=1S/C24H23N2O.C2F6NO4S2/c1-18-25(2)22(19-12-6-3-7-13-19)23(20-14-8-4-9-15-20)26(18)24(27)21-16-10-5-11-17-21;3-1(4,5)14(10,11)9-15(12,13)2(6,7)8/h3-17,22-23H,1-2H3;/q+1;-1/t22-,23-;/m1./s1. The number of amidine groups is 1. The zero-order chi connectivity index (χ0) is 31.5. The van der Waals surface area contributed by atoms with Crippen molar-refractivity contribution in [1.29, 1.82) is 0 Å². The molecule has 42 heavy (non-hydrogen) atoms. The first-order chi connectivity index (χ1) is 19.4. The molecule has 0 bridgehead atoms. The molecule has 2 atom stereocenters. The van der Waals surface area contributed by atoms with E-state index in [4.69, 9.17) is 0 Å². The Morgan fingerprint density at radius 2 is 1.10 bits per heavy atom. The summed E-state index contributed by atoms with van der Waals surface area (Å²) < 4.78 is 111. The van der Waals surface area contributed by atoms with Crippen LogP contribution < -0.4 is 0 Å². The summed E-state index contributed by atoms with van der Waals surface area (Å²) in [5.41, 5.74) is -9.35. The van der Waals surface area contributed by atoms with Gasteiger partial charge in [-0.15, -0.1) is 0 Å². The molecule has 1 amide bonds. The number of rotatable bonds is 5. The van der Waals surface area contributed by atoms with Crippen molar-refractivity contribution in [1.82, 2.24) is 4.90 Å². The van der Waals surface area contributed by atoms with Crippen LogP contribution in [0.1, 0.15) is 40.5 Å². The van der Waals surface area contributed by atoms with Crippen molar-refractivity contribution in [3.05, 3.63) is 112 Å². The summed E-state index contributed by atoms with van der Waals surface area (Å²) in [4.78, 5) is 15.4.